The van der Waals surface area contributed by atoms with E-state index in [2.05, 4.69) is 45.3 Å². The number of nitrogens with zero attached hydrogens (tertiary/aromatic N) is 2. The Morgan fingerprint density at radius 1 is 1.35 bits per heavy atom. The SMILES string of the molecule is CC(C)NCCCc1nnc(-c2ccc(Cl)cc2Br)o1. The summed E-state index contributed by atoms with van der Waals surface area (Å²) in [6, 6.07) is 5.98. The van der Waals surface area contributed by atoms with Crippen LogP contribution in [0, 0.1) is 0 Å². The van der Waals surface area contributed by atoms with E-state index >= 15 is 0 Å². The Morgan fingerprint density at radius 2 is 2.15 bits per heavy atom. The Bertz CT molecular complexity index is 571. The lowest BCUT2D eigenvalue weighted by molar-refractivity contribution is 0.484. The van der Waals surface area contributed by atoms with Crippen molar-refractivity contribution in [2.45, 2.75) is 32.7 Å². The maximum atomic E-state index is 5.92. The highest BCUT2D eigenvalue weighted by Crippen LogP contribution is 2.29. The minimum absolute atomic E-state index is 0.498. The van der Waals surface area contributed by atoms with Crippen LogP contribution in [0.4, 0.5) is 0 Å². The van der Waals surface area contributed by atoms with Gasteiger partial charge in [0.25, 0.3) is 0 Å². The molecular formula is C14H17BrClN3O. The predicted molar refractivity (Wildman–Crippen MR) is 83.9 cm³/mol. The molecule has 0 unspecified atom stereocenters. The van der Waals surface area contributed by atoms with Gasteiger partial charge >= 0.3 is 0 Å². The maximum absolute atomic E-state index is 5.92. The van der Waals surface area contributed by atoms with Gasteiger partial charge in [-0.1, -0.05) is 25.4 Å². The fraction of sp³-hybridized carbons (Fsp3) is 0.429. The Labute approximate surface area is 132 Å². The van der Waals surface area contributed by atoms with Gasteiger partial charge in [-0.2, -0.15) is 0 Å². The Hall–Kier alpha value is -0.910. The standard InChI is InChI=1S/C14H17BrClN3O/c1-9(2)17-7-3-4-13-18-19-14(20-13)11-6-5-10(16)8-12(11)15/h5-6,8-9,17H,3-4,7H2,1-2H3. The van der Waals surface area contributed by atoms with Crippen molar-refractivity contribution < 1.29 is 4.42 Å². The summed E-state index contributed by atoms with van der Waals surface area (Å²) >= 11 is 9.37. The van der Waals surface area contributed by atoms with Crippen LogP contribution in [-0.4, -0.2) is 22.8 Å². The van der Waals surface area contributed by atoms with Crippen LogP contribution >= 0.6 is 27.5 Å². The number of nitrogens with one attached hydrogen (secondary N) is 1. The van der Waals surface area contributed by atoms with Crippen LogP contribution in [0.1, 0.15) is 26.2 Å². The van der Waals surface area contributed by atoms with Gasteiger partial charge in [0.05, 0.1) is 5.56 Å². The van der Waals surface area contributed by atoms with Crippen LogP contribution in [-0.2, 0) is 6.42 Å². The monoisotopic (exact) mass is 357 g/mol. The molecule has 0 fully saturated rings. The van der Waals surface area contributed by atoms with Crippen molar-refractivity contribution in [1.82, 2.24) is 15.5 Å². The first kappa shape index (κ1) is 15.5. The summed E-state index contributed by atoms with van der Waals surface area (Å²) in [6.45, 7) is 5.20. The molecule has 1 aromatic carbocycles. The van der Waals surface area contributed by atoms with E-state index in [1.807, 2.05) is 12.1 Å². The topological polar surface area (TPSA) is 51.0 Å². The molecule has 108 valence electrons. The fourth-order valence-corrected chi connectivity index (χ4v) is 2.61. The summed E-state index contributed by atoms with van der Waals surface area (Å²) in [5.41, 5.74) is 0.855. The van der Waals surface area contributed by atoms with E-state index in [1.54, 1.807) is 6.07 Å². The van der Waals surface area contributed by atoms with Crippen molar-refractivity contribution >= 4 is 27.5 Å². The highest BCUT2D eigenvalue weighted by atomic mass is 79.9. The zero-order valence-electron chi connectivity index (χ0n) is 11.5. The number of hydrogen-bond acceptors (Lipinski definition) is 4. The van der Waals surface area contributed by atoms with Gasteiger partial charge in [-0.3, -0.25) is 0 Å². The summed E-state index contributed by atoms with van der Waals surface area (Å²) in [4.78, 5) is 0. The van der Waals surface area contributed by atoms with Crippen LogP contribution in [0.3, 0.4) is 0 Å². The number of aryl methyl sites for hydroxylation is 1. The summed E-state index contributed by atoms with van der Waals surface area (Å²) in [5, 5.41) is 12.2. The normalized spacial score (nSPS) is 11.2. The van der Waals surface area contributed by atoms with Crippen LogP contribution in [0.15, 0.2) is 27.1 Å². The van der Waals surface area contributed by atoms with E-state index in [0.29, 0.717) is 22.8 Å². The molecule has 0 radical (unpaired) electrons. The van der Waals surface area contributed by atoms with Crippen molar-refractivity contribution in [3.8, 4) is 11.5 Å². The van der Waals surface area contributed by atoms with E-state index in [-0.39, 0.29) is 0 Å². The molecule has 2 rings (SSSR count). The highest BCUT2D eigenvalue weighted by Gasteiger charge is 2.11. The number of hydrogen-bond donors (Lipinski definition) is 1. The zero-order valence-corrected chi connectivity index (χ0v) is 13.8. The molecule has 0 saturated heterocycles. The largest absolute Gasteiger partial charge is 0.421 e. The van der Waals surface area contributed by atoms with Crippen LogP contribution in [0.25, 0.3) is 11.5 Å². The quantitative estimate of drug-likeness (QED) is 0.790. The zero-order chi connectivity index (χ0) is 14.5. The second-order valence-electron chi connectivity index (χ2n) is 4.84. The van der Waals surface area contributed by atoms with Gasteiger partial charge in [0.2, 0.25) is 11.8 Å². The van der Waals surface area contributed by atoms with Crippen molar-refractivity contribution in [2.24, 2.45) is 0 Å². The average molecular weight is 359 g/mol. The van der Waals surface area contributed by atoms with Crippen LogP contribution in [0.2, 0.25) is 5.02 Å². The maximum Gasteiger partial charge on any atom is 0.248 e. The van der Waals surface area contributed by atoms with Crippen LogP contribution < -0.4 is 5.32 Å². The minimum Gasteiger partial charge on any atom is -0.421 e. The highest BCUT2D eigenvalue weighted by molar-refractivity contribution is 9.10. The lowest BCUT2D eigenvalue weighted by atomic mass is 10.2. The molecule has 20 heavy (non-hydrogen) atoms. The Morgan fingerprint density at radius 3 is 2.85 bits per heavy atom. The first-order valence-corrected chi connectivity index (χ1v) is 7.74. The van der Waals surface area contributed by atoms with Gasteiger partial charge in [0, 0.05) is 22.0 Å². The van der Waals surface area contributed by atoms with Gasteiger partial charge in [0.1, 0.15) is 0 Å². The lowest BCUT2D eigenvalue weighted by Crippen LogP contribution is -2.23. The van der Waals surface area contributed by atoms with Crippen molar-refractivity contribution in [2.75, 3.05) is 6.54 Å². The summed E-state index contributed by atoms with van der Waals surface area (Å²) in [7, 11) is 0. The third-order valence-corrected chi connectivity index (χ3v) is 3.64. The minimum atomic E-state index is 0.498. The summed E-state index contributed by atoms with van der Waals surface area (Å²) in [6.07, 6.45) is 1.75. The fourth-order valence-electron chi connectivity index (χ4n) is 1.76. The third kappa shape index (κ3) is 4.30. The molecule has 0 aliphatic rings. The van der Waals surface area contributed by atoms with Gasteiger partial charge in [-0.15, -0.1) is 10.2 Å². The molecule has 0 atom stereocenters. The van der Waals surface area contributed by atoms with E-state index in [1.165, 1.54) is 0 Å². The van der Waals surface area contributed by atoms with Gasteiger partial charge in [0.15, 0.2) is 0 Å². The van der Waals surface area contributed by atoms with E-state index in [4.69, 9.17) is 16.0 Å². The smallest absolute Gasteiger partial charge is 0.248 e. The third-order valence-electron chi connectivity index (χ3n) is 2.75. The van der Waals surface area contributed by atoms with Crippen molar-refractivity contribution in [1.29, 1.82) is 0 Å². The molecule has 0 bridgehead atoms. The number of aromatic nitrogens is 2. The predicted octanol–water partition coefficient (Wildman–Crippen LogP) is 4.08. The molecular weight excluding hydrogens is 342 g/mol. The summed E-state index contributed by atoms with van der Waals surface area (Å²) < 4.78 is 6.52. The van der Waals surface area contributed by atoms with Crippen molar-refractivity contribution in [3.05, 3.63) is 33.6 Å². The molecule has 2 aromatic rings. The lowest BCUT2D eigenvalue weighted by Gasteiger charge is -2.05. The number of rotatable bonds is 6. The summed E-state index contributed by atoms with van der Waals surface area (Å²) in [5.74, 6) is 1.17. The second-order valence-corrected chi connectivity index (χ2v) is 6.13. The molecule has 1 heterocycles. The number of halogens is 2. The molecule has 1 N–H and O–H groups in total. The molecule has 6 heteroatoms. The van der Waals surface area contributed by atoms with E-state index in [0.717, 1.165) is 29.4 Å². The Kier molecular flexibility index (Phi) is 5.57. The van der Waals surface area contributed by atoms with Crippen LogP contribution in [0.5, 0.6) is 0 Å². The first-order valence-electron chi connectivity index (χ1n) is 6.57. The van der Waals surface area contributed by atoms with Gasteiger partial charge in [-0.25, -0.2) is 0 Å². The van der Waals surface area contributed by atoms with E-state index in [9.17, 15) is 0 Å². The molecule has 0 aliphatic carbocycles. The first-order chi connectivity index (χ1) is 9.56. The number of benzene rings is 1. The Balaban J connectivity index is 1.98. The van der Waals surface area contributed by atoms with Crippen molar-refractivity contribution in [3.63, 3.8) is 0 Å². The molecule has 0 saturated carbocycles. The van der Waals surface area contributed by atoms with Gasteiger partial charge < -0.3 is 9.73 Å². The molecule has 0 amide bonds. The van der Waals surface area contributed by atoms with Gasteiger partial charge in [-0.05, 0) is 47.1 Å². The molecule has 0 spiro atoms. The van der Waals surface area contributed by atoms with E-state index < -0.39 is 0 Å². The molecule has 0 aliphatic heterocycles. The second kappa shape index (κ2) is 7.20. The average Bonchev–Trinajstić information content (AvgIpc) is 2.83. The molecule has 4 nitrogen and oxygen atoms in total. The molecule has 1 aromatic heterocycles.